The van der Waals surface area contributed by atoms with Crippen LogP contribution in [0.15, 0.2) is 35.8 Å². The molecule has 4 rings (SSSR count). The van der Waals surface area contributed by atoms with E-state index in [0.29, 0.717) is 31.6 Å². The predicted octanol–water partition coefficient (Wildman–Crippen LogP) is 3.10. The molecule has 0 saturated carbocycles. The molecule has 1 saturated heterocycles. The topological polar surface area (TPSA) is 73.1 Å². The molecule has 0 radical (unpaired) electrons. The van der Waals surface area contributed by atoms with Crippen LogP contribution in [0.3, 0.4) is 0 Å². The van der Waals surface area contributed by atoms with E-state index in [1.54, 1.807) is 12.0 Å². The molecule has 1 aromatic carbocycles. The number of nitrogens with zero attached hydrogens (tertiary/aromatic N) is 3. The van der Waals surface area contributed by atoms with Gasteiger partial charge in [-0.2, -0.15) is 0 Å². The number of methoxy groups -OCH3 is 2. The summed E-state index contributed by atoms with van der Waals surface area (Å²) < 4.78 is 11.9. The quantitative estimate of drug-likeness (QED) is 0.631. The fourth-order valence-corrected chi connectivity index (χ4v) is 4.35. The highest BCUT2D eigenvalue weighted by molar-refractivity contribution is 7.15. The number of likely N-dealkylation sites (tertiary alicyclic amines) is 1. The molecular formula is C20H21N3O4S. The van der Waals surface area contributed by atoms with Crippen molar-refractivity contribution in [2.75, 3.05) is 27.3 Å². The number of thiazole rings is 1. The third-order valence-electron chi connectivity index (χ3n) is 5.11. The zero-order valence-electron chi connectivity index (χ0n) is 15.8. The number of carbonyl (C=O) groups is 2. The molecule has 1 fully saturated rings. The highest BCUT2D eigenvalue weighted by Crippen LogP contribution is 2.27. The SMILES string of the molecule is COC(=O)C1CCN(C(=O)c2csc3nc(-c4cccc(OC)c4)cn23)CC1. The summed E-state index contributed by atoms with van der Waals surface area (Å²) in [7, 11) is 3.03. The Labute approximate surface area is 166 Å². The number of ether oxygens (including phenoxy) is 2. The summed E-state index contributed by atoms with van der Waals surface area (Å²) in [5.74, 6) is 0.412. The van der Waals surface area contributed by atoms with Gasteiger partial charge in [0.15, 0.2) is 4.96 Å². The Morgan fingerprint density at radius 1 is 1.21 bits per heavy atom. The molecule has 0 unspecified atom stereocenters. The lowest BCUT2D eigenvalue weighted by atomic mass is 9.97. The van der Waals surface area contributed by atoms with Gasteiger partial charge in [-0.1, -0.05) is 12.1 Å². The van der Waals surface area contributed by atoms with Crippen molar-refractivity contribution in [3.05, 3.63) is 41.5 Å². The van der Waals surface area contributed by atoms with Crippen LogP contribution in [0.2, 0.25) is 0 Å². The number of rotatable bonds is 4. The van der Waals surface area contributed by atoms with Crippen molar-refractivity contribution in [1.82, 2.24) is 14.3 Å². The van der Waals surface area contributed by atoms with Gasteiger partial charge in [-0.25, -0.2) is 4.98 Å². The molecule has 3 aromatic rings. The molecule has 1 aliphatic rings. The molecule has 0 atom stereocenters. The van der Waals surface area contributed by atoms with Gasteiger partial charge < -0.3 is 14.4 Å². The second-order valence-electron chi connectivity index (χ2n) is 6.72. The van der Waals surface area contributed by atoms with E-state index in [1.807, 2.05) is 40.2 Å². The highest BCUT2D eigenvalue weighted by Gasteiger charge is 2.29. The van der Waals surface area contributed by atoms with Crippen molar-refractivity contribution in [3.63, 3.8) is 0 Å². The van der Waals surface area contributed by atoms with Gasteiger partial charge in [0.2, 0.25) is 0 Å². The number of imidazole rings is 1. The van der Waals surface area contributed by atoms with Gasteiger partial charge >= 0.3 is 5.97 Å². The Hall–Kier alpha value is -2.87. The van der Waals surface area contributed by atoms with E-state index >= 15 is 0 Å². The van der Waals surface area contributed by atoms with Crippen LogP contribution in [0.4, 0.5) is 0 Å². The van der Waals surface area contributed by atoms with Gasteiger partial charge in [-0.3, -0.25) is 14.0 Å². The number of hydrogen-bond donors (Lipinski definition) is 0. The maximum Gasteiger partial charge on any atom is 0.308 e. The van der Waals surface area contributed by atoms with E-state index in [4.69, 9.17) is 9.47 Å². The first-order chi connectivity index (χ1) is 13.6. The molecule has 0 aliphatic carbocycles. The molecule has 1 aliphatic heterocycles. The molecule has 8 heteroatoms. The summed E-state index contributed by atoms with van der Waals surface area (Å²) >= 11 is 1.44. The largest absolute Gasteiger partial charge is 0.497 e. The van der Waals surface area contributed by atoms with Gasteiger partial charge in [0.05, 0.1) is 25.8 Å². The van der Waals surface area contributed by atoms with Crippen molar-refractivity contribution < 1.29 is 19.1 Å². The molecule has 0 bridgehead atoms. The van der Waals surface area contributed by atoms with Crippen LogP contribution in [-0.4, -0.2) is 53.5 Å². The number of hydrogen-bond acceptors (Lipinski definition) is 6. The lowest BCUT2D eigenvalue weighted by molar-refractivity contribution is -0.146. The molecule has 146 valence electrons. The molecule has 0 spiro atoms. The summed E-state index contributed by atoms with van der Waals surface area (Å²) in [5.41, 5.74) is 2.33. The Morgan fingerprint density at radius 3 is 2.71 bits per heavy atom. The van der Waals surface area contributed by atoms with Gasteiger partial charge in [0.25, 0.3) is 5.91 Å². The van der Waals surface area contributed by atoms with E-state index in [1.165, 1.54) is 18.4 Å². The Balaban J connectivity index is 1.55. The monoisotopic (exact) mass is 399 g/mol. The molecular weight excluding hydrogens is 378 g/mol. The highest BCUT2D eigenvalue weighted by atomic mass is 32.1. The summed E-state index contributed by atoms with van der Waals surface area (Å²) in [4.78, 5) is 31.9. The van der Waals surface area contributed by atoms with Gasteiger partial charge in [0, 0.05) is 30.2 Å². The van der Waals surface area contributed by atoms with Crippen LogP contribution >= 0.6 is 11.3 Å². The summed E-state index contributed by atoms with van der Waals surface area (Å²) in [5, 5.41) is 1.84. The van der Waals surface area contributed by atoms with E-state index < -0.39 is 0 Å². The Kier molecular flexibility index (Phi) is 5.04. The second kappa shape index (κ2) is 7.63. The van der Waals surface area contributed by atoms with Crippen LogP contribution < -0.4 is 4.74 Å². The smallest absolute Gasteiger partial charge is 0.308 e. The van der Waals surface area contributed by atoms with E-state index in [9.17, 15) is 9.59 Å². The lowest BCUT2D eigenvalue weighted by Gasteiger charge is -2.30. The minimum Gasteiger partial charge on any atom is -0.497 e. The van der Waals surface area contributed by atoms with Crippen molar-refractivity contribution in [1.29, 1.82) is 0 Å². The molecule has 0 N–H and O–H groups in total. The number of carbonyl (C=O) groups excluding carboxylic acids is 2. The Bertz CT molecular complexity index is 1020. The molecule has 1 amide bonds. The first-order valence-electron chi connectivity index (χ1n) is 9.09. The van der Waals surface area contributed by atoms with Gasteiger partial charge in [0.1, 0.15) is 11.4 Å². The van der Waals surface area contributed by atoms with Crippen LogP contribution in [0, 0.1) is 5.92 Å². The third kappa shape index (κ3) is 3.35. The number of benzene rings is 1. The standard InChI is InChI=1S/C20H21N3O4S/c1-26-15-5-3-4-14(10-15)16-11-23-17(12-28-20(23)21-16)18(24)22-8-6-13(7-9-22)19(25)27-2/h3-5,10-13H,6-9H2,1-2H3. The fraction of sp³-hybridized carbons (Fsp3) is 0.350. The molecule has 2 aromatic heterocycles. The summed E-state index contributed by atoms with van der Waals surface area (Å²) in [6.45, 7) is 1.10. The van der Waals surface area contributed by atoms with Gasteiger partial charge in [-0.15, -0.1) is 11.3 Å². The van der Waals surface area contributed by atoms with Crippen molar-refractivity contribution in [3.8, 4) is 17.0 Å². The number of piperidine rings is 1. The van der Waals surface area contributed by atoms with Crippen LogP contribution in [0.5, 0.6) is 5.75 Å². The normalized spacial score (nSPS) is 15.0. The van der Waals surface area contributed by atoms with E-state index in [-0.39, 0.29) is 17.8 Å². The van der Waals surface area contributed by atoms with Crippen LogP contribution in [0.25, 0.3) is 16.2 Å². The maximum atomic E-state index is 13.0. The summed E-state index contributed by atoms with van der Waals surface area (Å²) in [6, 6.07) is 7.69. The zero-order valence-corrected chi connectivity index (χ0v) is 16.6. The Morgan fingerprint density at radius 2 is 2.00 bits per heavy atom. The molecule has 7 nitrogen and oxygen atoms in total. The van der Waals surface area contributed by atoms with Crippen LogP contribution in [0.1, 0.15) is 23.3 Å². The van der Waals surface area contributed by atoms with Crippen LogP contribution in [-0.2, 0) is 9.53 Å². The maximum absolute atomic E-state index is 13.0. The first-order valence-corrected chi connectivity index (χ1v) is 9.97. The molecule has 28 heavy (non-hydrogen) atoms. The zero-order chi connectivity index (χ0) is 19.7. The number of fused-ring (bicyclic) bond motifs is 1. The lowest BCUT2D eigenvalue weighted by Crippen LogP contribution is -2.40. The average Bonchev–Trinajstić information content (AvgIpc) is 3.34. The first kappa shape index (κ1) is 18.5. The average molecular weight is 399 g/mol. The number of amides is 1. The second-order valence-corrected chi connectivity index (χ2v) is 7.56. The van der Waals surface area contributed by atoms with Crippen molar-refractivity contribution >= 4 is 28.2 Å². The minimum atomic E-state index is -0.192. The summed E-state index contributed by atoms with van der Waals surface area (Å²) in [6.07, 6.45) is 3.14. The van der Waals surface area contributed by atoms with E-state index in [2.05, 4.69) is 4.98 Å². The van der Waals surface area contributed by atoms with Crippen molar-refractivity contribution in [2.24, 2.45) is 5.92 Å². The van der Waals surface area contributed by atoms with E-state index in [0.717, 1.165) is 22.0 Å². The minimum absolute atomic E-state index is 0.0378. The number of aromatic nitrogens is 2. The third-order valence-corrected chi connectivity index (χ3v) is 5.95. The molecule has 3 heterocycles. The fourth-order valence-electron chi connectivity index (χ4n) is 3.51. The van der Waals surface area contributed by atoms with Gasteiger partial charge in [-0.05, 0) is 25.0 Å². The number of esters is 1. The predicted molar refractivity (Wildman–Crippen MR) is 106 cm³/mol. The van der Waals surface area contributed by atoms with Crippen molar-refractivity contribution in [2.45, 2.75) is 12.8 Å².